The van der Waals surface area contributed by atoms with E-state index < -0.39 is 16.7 Å². The topological polar surface area (TPSA) is 108 Å². The monoisotopic (exact) mass is 408 g/mol. The van der Waals surface area contributed by atoms with Gasteiger partial charge in [0.15, 0.2) is 0 Å². The SMILES string of the molecule is O=C(CCn1cc([N+](=O)[O-])cn1)Nc1cnn(Cc2cccc(C(F)(F)F)c2)c1. The number of hydrogen-bond acceptors (Lipinski definition) is 5. The number of alkyl halides is 3. The summed E-state index contributed by atoms with van der Waals surface area (Å²) in [6.07, 6.45) is 0.795. The lowest BCUT2D eigenvalue weighted by atomic mass is 10.1. The molecule has 2 heterocycles. The maximum atomic E-state index is 12.8. The van der Waals surface area contributed by atoms with Crippen molar-refractivity contribution in [2.45, 2.75) is 25.7 Å². The molecule has 152 valence electrons. The van der Waals surface area contributed by atoms with Crippen molar-refractivity contribution in [1.82, 2.24) is 19.6 Å². The number of carbonyl (C=O) groups excluding carboxylic acids is 1. The zero-order valence-corrected chi connectivity index (χ0v) is 14.8. The van der Waals surface area contributed by atoms with Crippen LogP contribution in [0.1, 0.15) is 17.5 Å². The summed E-state index contributed by atoms with van der Waals surface area (Å²) < 4.78 is 41.0. The third kappa shape index (κ3) is 5.40. The Morgan fingerprint density at radius 2 is 1.93 bits per heavy atom. The maximum Gasteiger partial charge on any atom is 0.416 e. The number of nitro groups is 1. The highest BCUT2D eigenvalue weighted by molar-refractivity contribution is 5.90. The van der Waals surface area contributed by atoms with Crippen LogP contribution in [0.15, 0.2) is 49.1 Å². The van der Waals surface area contributed by atoms with Gasteiger partial charge in [-0.3, -0.25) is 24.3 Å². The fourth-order valence-electron chi connectivity index (χ4n) is 2.56. The van der Waals surface area contributed by atoms with Crippen molar-refractivity contribution in [1.29, 1.82) is 0 Å². The second-order valence-corrected chi connectivity index (χ2v) is 6.14. The van der Waals surface area contributed by atoms with Crippen molar-refractivity contribution in [3.05, 3.63) is 70.3 Å². The number of aromatic nitrogens is 4. The number of aryl methyl sites for hydroxylation is 1. The van der Waals surface area contributed by atoms with E-state index in [9.17, 15) is 28.1 Å². The van der Waals surface area contributed by atoms with Crippen molar-refractivity contribution in [2.75, 3.05) is 5.32 Å². The second kappa shape index (κ2) is 8.12. The first-order valence-corrected chi connectivity index (χ1v) is 8.36. The Kier molecular flexibility index (Phi) is 5.61. The van der Waals surface area contributed by atoms with E-state index in [1.165, 1.54) is 34.0 Å². The first-order chi connectivity index (χ1) is 13.7. The summed E-state index contributed by atoms with van der Waals surface area (Å²) in [5.41, 5.74) is -0.106. The lowest BCUT2D eigenvalue weighted by Crippen LogP contribution is -2.14. The number of rotatable bonds is 7. The molecule has 0 atom stereocenters. The lowest BCUT2D eigenvalue weighted by molar-refractivity contribution is -0.385. The molecule has 0 fully saturated rings. The highest BCUT2D eigenvalue weighted by Gasteiger charge is 2.30. The van der Waals surface area contributed by atoms with Crippen molar-refractivity contribution in [3.8, 4) is 0 Å². The number of benzene rings is 1. The number of anilines is 1. The largest absolute Gasteiger partial charge is 0.416 e. The van der Waals surface area contributed by atoms with Crippen molar-refractivity contribution in [2.24, 2.45) is 0 Å². The summed E-state index contributed by atoms with van der Waals surface area (Å²) in [5, 5.41) is 21.0. The zero-order chi connectivity index (χ0) is 21.0. The van der Waals surface area contributed by atoms with Crippen LogP contribution in [0.4, 0.5) is 24.5 Å². The summed E-state index contributed by atoms with van der Waals surface area (Å²) in [4.78, 5) is 22.0. The molecule has 3 aromatic rings. The number of nitrogens with one attached hydrogen (secondary N) is 1. The number of amides is 1. The van der Waals surface area contributed by atoms with Gasteiger partial charge < -0.3 is 5.32 Å². The van der Waals surface area contributed by atoms with Crippen LogP contribution in [0.2, 0.25) is 0 Å². The quantitative estimate of drug-likeness (QED) is 0.477. The molecule has 3 rings (SSSR count). The van der Waals surface area contributed by atoms with Crippen molar-refractivity contribution in [3.63, 3.8) is 0 Å². The van der Waals surface area contributed by atoms with Crippen LogP contribution in [0.25, 0.3) is 0 Å². The van der Waals surface area contributed by atoms with Crippen LogP contribution in [0, 0.1) is 10.1 Å². The fraction of sp³-hybridized carbons (Fsp3) is 0.235. The average molecular weight is 408 g/mol. The first-order valence-electron chi connectivity index (χ1n) is 8.36. The molecule has 1 amide bonds. The van der Waals surface area contributed by atoms with E-state index in [4.69, 9.17) is 0 Å². The van der Waals surface area contributed by atoms with Gasteiger partial charge in [-0.25, -0.2) is 0 Å². The summed E-state index contributed by atoms with van der Waals surface area (Å²) in [5.74, 6) is -0.359. The smallest absolute Gasteiger partial charge is 0.323 e. The third-order valence-electron chi connectivity index (χ3n) is 3.91. The zero-order valence-electron chi connectivity index (χ0n) is 14.8. The summed E-state index contributed by atoms with van der Waals surface area (Å²) in [7, 11) is 0. The summed E-state index contributed by atoms with van der Waals surface area (Å²) >= 11 is 0. The van der Waals surface area contributed by atoms with E-state index in [0.717, 1.165) is 18.3 Å². The molecule has 1 N–H and O–H groups in total. The number of hydrogen-bond donors (Lipinski definition) is 1. The molecule has 2 aromatic heterocycles. The molecular weight excluding hydrogens is 393 g/mol. The Labute approximate surface area is 161 Å². The number of halogens is 3. The molecule has 0 aliphatic heterocycles. The predicted molar refractivity (Wildman–Crippen MR) is 94.9 cm³/mol. The van der Waals surface area contributed by atoms with E-state index in [2.05, 4.69) is 15.5 Å². The molecule has 0 aliphatic carbocycles. The fourth-order valence-corrected chi connectivity index (χ4v) is 2.56. The normalized spacial score (nSPS) is 11.4. The van der Waals surface area contributed by atoms with Crippen LogP contribution < -0.4 is 5.32 Å². The molecule has 0 saturated heterocycles. The average Bonchev–Trinajstić information content (AvgIpc) is 3.29. The van der Waals surface area contributed by atoms with Gasteiger partial charge in [-0.05, 0) is 17.7 Å². The molecule has 0 saturated carbocycles. The Balaban J connectivity index is 1.54. The molecule has 0 bridgehead atoms. The minimum atomic E-state index is -4.42. The molecule has 9 nitrogen and oxygen atoms in total. The van der Waals surface area contributed by atoms with Gasteiger partial charge in [0.05, 0.1) is 28.9 Å². The van der Waals surface area contributed by atoms with Crippen LogP contribution in [-0.2, 0) is 24.1 Å². The highest BCUT2D eigenvalue weighted by Crippen LogP contribution is 2.29. The Bertz CT molecular complexity index is 1030. The minimum Gasteiger partial charge on any atom is -0.323 e. The summed E-state index contributed by atoms with van der Waals surface area (Å²) in [6, 6.07) is 4.91. The molecule has 1 aromatic carbocycles. The molecule has 0 spiro atoms. The van der Waals surface area contributed by atoms with Crippen LogP contribution >= 0.6 is 0 Å². The summed E-state index contributed by atoms with van der Waals surface area (Å²) in [6.45, 7) is 0.259. The van der Waals surface area contributed by atoms with Gasteiger partial charge in [-0.2, -0.15) is 23.4 Å². The second-order valence-electron chi connectivity index (χ2n) is 6.14. The van der Waals surface area contributed by atoms with Crippen molar-refractivity contribution >= 4 is 17.3 Å². The van der Waals surface area contributed by atoms with Gasteiger partial charge in [0.25, 0.3) is 0 Å². The molecule has 12 heteroatoms. The lowest BCUT2D eigenvalue weighted by Gasteiger charge is -2.08. The van der Waals surface area contributed by atoms with E-state index in [-0.39, 0.29) is 31.1 Å². The molecule has 0 unspecified atom stereocenters. The van der Waals surface area contributed by atoms with Gasteiger partial charge >= 0.3 is 11.9 Å². The molecule has 0 aliphatic rings. The van der Waals surface area contributed by atoms with E-state index in [1.807, 2.05) is 0 Å². The van der Waals surface area contributed by atoms with Gasteiger partial charge in [0.2, 0.25) is 5.91 Å². The Morgan fingerprint density at radius 1 is 1.17 bits per heavy atom. The van der Waals surface area contributed by atoms with Crippen molar-refractivity contribution < 1.29 is 22.9 Å². The van der Waals surface area contributed by atoms with Gasteiger partial charge in [0, 0.05) is 19.2 Å². The Hall–Kier alpha value is -3.70. The third-order valence-corrected chi connectivity index (χ3v) is 3.91. The van der Waals surface area contributed by atoms with Gasteiger partial charge in [-0.15, -0.1) is 0 Å². The van der Waals surface area contributed by atoms with E-state index >= 15 is 0 Å². The Morgan fingerprint density at radius 3 is 2.62 bits per heavy atom. The van der Waals surface area contributed by atoms with Crippen LogP contribution in [0.5, 0.6) is 0 Å². The predicted octanol–water partition coefficient (Wildman–Crippen LogP) is 3.08. The number of carbonyl (C=O) groups is 1. The first kappa shape index (κ1) is 20.0. The van der Waals surface area contributed by atoms with Gasteiger partial charge in [0.1, 0.15) is 12.4 Å². The standard InChI is InChI=1S/C17H15F3N6O3/c18-17(19,20)13-3-1-2-12(6-13)9-25-10-14(7-21-25)23-16(27)4-5-24-11-15(8-22-24)26(28)29/h1-3,6-8,10-11H,4-5,9H2,(H,23,27). The molecular formula is C17H15F3N6O3. The highest BCUT2D eigenvalue weighted by atomic mass is 19.4. The number of nitrogens with zero attached hydrogens (tertiary/aromatic N) is 5. The van der Waals surface area contributed by atoms with E-state index in [0.29, 0.717) is 11.3 Å². The van der Waals surface area contributed by atoms with Crippen LogP contribution in [0.3, 0.4) is 0 Å². The van der Waals surface area contributed by atoms with Gasteiger partial charge in [-0.1, -0.05) is 12.1 Å². The van der Waals surface area contributed by atoms with E-state index in [1.54, 1.807) is 6.07 Å². The minimum absolute atomic E-state index is 0.0254. The maximum absolute atomic E-state index is 12.8. The molecule has 0 radical (unpaired) electrons. The van der Waals surface area contributed by atoms with Crippen LogP contribution in [-0.4, -0.2) is 30.4 Å². The molecule has 29 heavy (non-hydrogen) atoms.